The fourth-order valence-electron chi connectivity index (χ4n) is 2.23. The van der Waals surface area contributed by atoms with Gasteiger partial charge in [0.2, 0.25) is 0 Å². The fourth-order valence-corrected chi connectivity index (χ4v) is 2.23. The van der Waals surface area contributed by atoms with Crippen molar-refractivity contribution in [2.24, 2.45) is 0 Å². The van der Waals surface area contributed by atoms with E-state index in [2.05, 4.69) is 0 Å². The lowest BCUT2D eigenvalue weighted by atomic mass is 9.81. The maximum absolute atomic E-state index is 13.6. The molecule has 1 saturated carbocycles. The van der Waals surface area contributed by atoms with Crippen LogP contribution in [-0.4, -0.2) is 5.92 Å². The Hall–Kier alpha value is -0.990. The molecule has 0 radical (unpaired) electrons. The normalized spacial score (nSPS) is 25.1. The number of halogens is 3. The predicted octanol–water partition coefficient (Wildman–Crippen LogP) is 4.12. The van der Waals surface area contributed by atoms with Crippen molar-refractivity contribution in [3.63, 3.8) is 0 Å². The first-order chi connectivity index (χ1) is 7.09. The summed E-state index contributed by atoms with van der Waals surface area (Å²) < 4.78 is 40.1. The van der Waals surface area contributed by atoms with Crippen molar-refractivity contribution >= 4 is 0 Å². The van der Waals surface area contributed by atoms with E-state index >= 15 is 0 Å². The Balaban J connectivity index is 2.29. The molecule has 0 aromatic heterocycles. The Kier molecular flexibility index (Phi) is 2.72. The molecule has 15 heavy (non-hydrogen) atoms. The van der Waals surface area contributed by atoms with Crippen molar-refractivity contribution in [2.75, 3.05) is 0 Å². The van der Waals surface area contributed by atoms with Gasteiger partial charge in [-0.15, -0.1) is 0 Å². The third kappa shape index (κ3) is 2.16. The molecule has 0 aliphatic heterocycles. The molecule has 1 aliphatic rings. The second-order valence-corrected chi connectivity index (χ2v) is 4.11. The second kappa shape index (κ2) is 3.87. The van der Waals surface area contributed by atoms with Gasteiger partial charge in [0.25, 0.3) is 5.92 Å². The molecule has 0 N–H and O–H groups in total. The number of hydrogen-bond donors (Lipinski definition) is 0. The standard InChI is InChI=1S/C12H13F3/c13-10-5-3-4-9(8-10)11-6-1-2-7-12(11,14)15/h3-5,8,11H,1-2,6-7H2/t11-/m1/s1. The molecule has 3 heteroatoms. The van der Waals surface area contributed by atoms with Crippen molar-refractivity contribution in [1.29, 1.82) is 0 Å². The minimum absolute atomic E-state index is 0.0752. The molecule has 1 aliphatic carbocycles. The summed E-state index contributed by atoms with van der Waals surface area (Å²) in [5, 5.41) is 0. The van der Waals surface area contributed by atoms with E-state index in [1.54, 1.807) is 6.07 Å². The number of alkyl halides is 2. The monoisotopic (exact) mass is 214 g/mol. The Morgan fingerprint density at radius 3 is 2.67 bits per heavy atom. The van der Waals surface area contributed by atoms with Gasteiger partial charge < -0.3 is 0 Å². The molecule has 0 amide bonds. The highest BCUT2D eigenvalue weighted by Crippen LogP contribution is 2.44. The molecule has 1 aromatic carbocycles. The molecule has 1 aromatic rings. The van der Waals surface area contributed by atoms with Gasteiger partial charge in [-0.05, 0) is 30.5 Å². The van der Waals surface area contributed by atoms with Crippen LogP contribution >= 0.6 is 0 Å². The Morgan fingerprint density at radius 2 is 2.00 bits per heavy atom. The summed E-state index contributed by atoms with van der Waals surface area (Å²) in [4.78, 5) is 0. The molecule has 0 nitrogen and oxygen atoms in total. The molecule has 1 fully saturated rings. The van der Waals surface area contributed by atoms with Crippen LogP contribution in [0.3, 0.4) is 0 Å². The van der Waals surface area contributed by atoms with Gasteiger partial charge in [0.1, 0.15) is 5.82 Å². The molecule has 82 valence electrons. The number of rotatable bonds is 1. The smallest absolute Gasteiger partial charge is 0.207 e. The molecule has 0 spiro atoms. The quantitative estimate of drug-likeness (QED) is 0.659. The molecular formula is C12H13F3. The van der Waals surface area contributed by atoms with Gasteiger partial charge >= 0.3 is 0 Å². The van der Waals surface area contributed by atoms with Crippen LogP contribution in [0.4, 0.5) is 13.2 Å². The van der Waals surface area contributed by atoms with E-state index < -0.39 is 17.7 Å². The Bertz CT molecular complexity index is 346. The summed E-state index contributed by atoms with van der Waals surface area (Å²) >= 11 is 0. The number of benzene rings is 1. The number of hydrogen-bond acceptors (Lipinski definition) is 0. The van der Waals surface area contributed by atoms with E-state index in [0.717, 1.165) is 6.42 Å². The molecule has 0 saturated heterocycles. The molecule has 2 rings (SSSR count). The van der Waals surface area contributed by atoms with Crippen molar-refractivity contribution in [3.05, 3.63) is 35.6 Å². The zero-order valence-electron chi connectivity index (χ0n) is 8.35. The van der Waals surface area contributed by atoms with E-state index in [1.165, 1.54) is 18.2 Å². The van der Waals surface area contributed by atoms with E-state index in [0.29, 0.717) is 18.4 Å². The zero-order valence-corrected chi connectivity index (χ0v) is 8.35. The lowest BCUT2D eigenvalue weighted by Gasteiger charge is -2.31. The first-order valence-corrected chi connectivity index (χ1v) is 5.23. The van der Waals surface area contributed by atoms with Crippen LogP contribution < -0.4 is 0 Å². The summed E-state index contributed by atoms with van der Waals surface area (Å²) in [6.45, 7) is 0. The lowest BCUT2D eigenvalue weighted by molar-refractivity contribution is -0.0547. The summed E-state index contributed by atoms with van der Waals surface area (Å²) in [6.07, 6.45) is 1.75. The van der Waals surface area contributed by atoms with Crippen LogP contribution in [-0.2, 0) is 0 Å². The fraction of sp³-hybridized carbons (Fsp3) is 0.500. The van der Waals surface area contributed by atoms with Crippen LogP contribution in [0.25, 0.3) is 0 Å². The maximum Gasteiger partial charge on any atom is 0.254 e. The Labute approximate surface area is 87.1 Å². The van der Waals surface area contributed by atoms with Gasteiger partial charge in [0, 0.05) is 12.3 Å². The molecule has 0 heterocycles. The van der Waals surface area contributed by atoms with Crippen LogP contribution in [0.15, 0.2) is 24.3 Å². The third-order valence-electron chi connectivity index (χ3n) is 3.01. The molecule has 0 unspecified atom stereocenters. The van der Waals surface area contributed by atoms with Crippen LogP contribution in [0.1, 0.15) is 37.2 Å². The van der Waals surface area contributed by atoms with Crippen molar-refractivity contribution in [2.45, 2.75) is 37.5 Å². The highest BCUT2D eigenvalue weighted by molar-refractivity contribution is 5.23. The van der Waals surface area contributed by atoms with Gasteiger partial charge in [-0.2, -0.15) is 0 Å². The zero-order chi connectivity index (χ0) is 10.9. The second-order valence-electron chi connectivity index (χ2n) is 4.11. The maximum atomic E-state index is 13.6. The van der Waals surface area contributed by atoms with Gasteiger partial charge in [-0.1, -0.05) is 18.6 Å². The summed E-state index contributed by atoms with van der Waals surface area (Å²) in [5.41, 5.74) is 0.430. The summed E-state index contributed by atoms with van der Waals surface area (Å²) in [6, 6.07) is 5.59. The lowest BCUT2D eigenvalue weighted by Crippen LogP contribution is -2.29. The highest BCUT2D eigenvalue weighted by Gasteiger charge is 2.42. The van der Waals surface area contributed by atoms with Crippen LogP contribution in [0.2, 0.25) is 0 Å². The first-order valence-electron chi connectivity index (χ1n) is 5.23. The minimum atomic E-state index is -2.67. The van der Waals surface area contributed by atoms with Gasteiger partial charge in [-0.25, -0.2) is 13.2 Å². The molecular weight excluding hydrogens is 201 g/mol. The SMILES string of the molecule is Fc1cccc([C@H]2CCCCC2(F)F)c1. The van der Waals surface area contributed by atoms with Crippen molar-refractivity contribution in [1.82, 2.24) is 0 Å². The average Bonchev–Trinajstić information content (AvgIpc) is 2.17. The Morgan fingerprint density at radius 1 is 1.20 bits per heavy atom. The highest BCUT2D eigenvalue weighted by atomic mass is 19.3. The summed E-state index contributed by atoms with van der Waals surface area (Å²) in [7, 11) is 0. The third-order valence-corrected chi connectivity index (χ3v) is 3.01. The van der Waals surface area contributed by atoms with Crippen LogP contribution in [0.5, 0.6) is 0 Å². The van der Waals surface area contributed by atoms with Crippen LogP contribution in [0, 0.1) is 5.82 Å². The van der Waals surface area contributed by atoms with Gasteiger partial charge in [-0.3, -0.25) is 0 Å². The average molecular weight is 214 g/mol. The van der Waals surface area contributed by atoms with E-state index in [-0.39, 0.29) is 6.42 Å². The van der Waals surface area contributed by atoms with Crippen molar-refractivity contribution in [3.8, 4) is 0 Å². The molecule has 1 atom stereocenters. The topological polar surface area (TPSA) is 0 Å². The minimum Gasteiger partial charge on any atom is -0.207 e. The van der Waals surface area contributed by atoms with Gasteiger partial charge in [0.15, 0.2) is 0 Å². The van der Waals surface area contributed by atoms with E-state index in [9.17, 15) is 13.2 Å². The molecule has 0 bridgehead atoms. The summed E-state index contributed by atoms with van der Waals surface area (Å²) in [5.74, 6) is -3.91. The predicted molar refractivity (Wildman–Crippen MR) is 52.6 cm³/mol. The largest absolute Gasteiger partial charge is 0.254 e. The first kappa shape index (κ1) is 10.5. The van der Waals surface area contributed by atoms with E-state index in [4.69, 9.17) is 0 Å². The van der Waals surface area contributed by atoms with Gasteiger partial charge in [0.05, 0.1) is 0 Å². The van der Waals surface area contributed by atoms with Crippen molar-refractivity contribution < 1.29 is 13.2 Å². The van der Waals surface area contributed by atoms with E-state index in [1.807, 2.05) is 0 Å².